The number of benzene rings is 2. The Morgan fingerprint density at radius 3 is 2.67 bits per heavy atom. The highest BCUT2D eigenvalue weighted by Crippen LogP contribution is 2.24. The van der Waals surface area contributed by atoms with Gasteiger partial charge >= 0.3 is 5.69 Å². The van der Waals surface area contributed by atoms with E-state index >= 15 is 0 Å². The van der Waals surface area contributed by atoms with Gasteiger partial charge in [-0.25, -0.2) is 4.79 Å². The zero-order chi connectivity index (χ0) is 12.7. The van der Waals surface area contributed by atoms with Crippen molar-refractivity contribution >= 4 is 11.0 Å². The van der Waals surface area contributed by atoms with E-state index in [1.54, 1.807) is 24.3 Å². The second-order valence-electron chi connectivity index (χ2n) is 4.22. The summed E-state index contributed by atoms with van der Waals surface area (Å²) < 4.78 is 1.48. The lowest BCUT2D eigenvalue weighted by atomic mass is 10.2. The average Bonchev–Trinajstić information content (AvgIpc) is 2.68. The van der Waals surface area contributed by atoms with Gasteiger partial charge in [-0.3, -0.25) is 4.57 Å². The molecule has 0 fully saturated rings. The third-order valence-corrected chi connectivity index (χ3v) is 3.05. The molecule has 0 saturated heterocycles. The van der Waals surface area contributed by atoms with Gasteiger partial charge in [0.25, 0.3) is 0 Å². The second kappa shape index (κ2) is 3.77. The molecule has 0 aliphatic carbocycles. The largest absolute Gasteiger partial charge is 0.506 e. The molecule has 0 saturated carbocycles. The highest BCUT2D eigenvalue weighted by molar-refractivity contribution is 5.81. The minimum atomic E-state index is -0.249. The van der Waals surface area contributed by atoms with E-state index in [9.17, 15) is 9.90 Å². The van der Waals surface area contributed by atoms with Gasteiger partial charge in [-0.15, -0.1) is 0 Å². The lowest BCUT2D eigenvalue weighted by Crippen LogP contribution is -2.14. The fourth-order valence-electron chi connectivity index (χ4n) is 2.17. The topological polar surface area (TPSA) is 58.0 Å². The van der Waals surface area contributed by atoms with Crippen molar-refractivity contribution in [1.29, 1.82) is 0 Å². The summed E-state index contributed by atoms with van der Waals surface area (Å²) in [6, 6.07) is 12.5. The molecule has 2 aromatic carbocycles. The molecule has 0 atom stereocenters. The number of phenolic OH excluding ortho intramolecular Hbond substituents is 1. The Kier molecular flexibility index (Phi) is 2.23. The van der Waals surface area contributed by atoms with Crippen molar-refractivity contribution in [3.63, 3.8) is 0 Å². The van der Waals surface area contributed by atoms with Crippen LogP contribution >= 0.6 is 0 Å². The summed E-state index contributed by atoms with van der Waals surface area (Å²) in [5.74, 6) is 0.0852. The van der Waals surface area contributed by atoms with Crippen LogP contribution < -0.4 is 5.69 Å². The number of aryl methyl sites for hydroxylation is 1. The Hall–Kier alpha value is -2.49. The van der Waals surface area contributed by atoms with Crippen LogP contribution in [0, 0.1) is 6.92 Å². The molecule has 0 amide bonds. The maximum atomic E-state index is 12.0. The molecule has 18 heavy (non-hydrogen) atoms. The lowest BCUT2D eigenvalue weighted by Gasteiger charge is -2.05. The van der Waals surface area contributed by atoms with Gasteiger partial charge in [-0.2, -0.15) is 0 Å². The fraction of sp³-hybridized carbons (Fsp3) is 0.0714. The van der Waals surface area contributed by atoms with Crippen LogP contribution in [0.4, 0.5) is 0 Å². The van der Waals surface area contributed by atoms with Crippen molar-refractivity contribution in [3.05, 3.63) is 58.5 Å². The predicted molar refractivity (Wildman–Crippen MR) is 70.3 cm³/mol. The number of hydrogen-bond acceptors (Lipinski definition) is 2. The summed E-state index contributed by atoms with van der Waals surface area (Å²) in [4.78, 5) is 14.9. The molecule has 0 radical (unpaired) electrons. The lowest BCUT2D eigenvalue weighted by molar-refractivity contribution is 0.472. The van der Waals surface area contributed by atoms with Crippen LogP contribution in [0.15, 0.2) is 47.3 Å². The van der Waals surface area contributed by atoms with E-state index < -0.39 is 0 Å². The summed E-state index contributed by atoms with van der Waals surface area (Å²) >= 11 is 0. The molecule has 3 rings (SSSR count). The Labute approximate surface area is 103 Å². The number of nitrogens with zero attached hydrogens (tertiary/aromatic N) is 1. The number of nitrogens with one attached hydrogen (secondary N) is 1. The summed E-state index contributed by atoms with van der Waals surface area (Å²) in [6.07, 6.45) is 0. The molecule has 0 bridgehead atoms. The zero-order valence-electron chi connectivity index (χ0n) is 9.84. The molecular formula is C14H12N2O2. The molecule has 0 aliphatic heterocycles. The molecule has 3 aromatic rings. The normalized spacial score (nSPS) is 10.9. The molecule has 0 spiro atoms. The molecule has 4 nitrogen and oxygen atoms in total. The molecule has 4 heteroatoms. The fourth-order valence-corrected chi connectivity index (χ4v) is 2.17. The number of fused-ring (bicyclic) bond motifs is 1. The second-order valence-corrected chi connectivity index (χ2v) is 4.22. The summed E-state index contributed by atoms with van der Waals surface area (Å²) in [5.41, 5.74) is 2.80. The Bertz CT molecular complexity index is 784. The van der Waals surface area contributed by atoms with Crippen LogP contribution in [-0.4, -0.2) is 14.7 Å². The molecule has 1 aromatic heterocycles. The van der Waals surface area contributed by atoms with Crippen molar-refractivity contribution in [2.45, 2.75) is 6.92 Å². The molecular weight excluding hydrogens is 228 g/mol. The molecule has 90 valence electrons. The highest BCUT2D eigenvalue weighted by atomic mass is 16.3. The Balaban J connectivity index is 2.44. The first-order valence-electron chi connectivity index (χ1n) is 5.67. The van der Waals surface area contributed by atoms with E-state index in [1.165, 1.54) is 4.57 Å². The summed E-state index contributed by atoms with van der Waals surface area (Å²) in [6.45, 7) is 1.94. The summed E-state index contributed by atoms with van der Waals surface area (Å²) in [5, 5.41) is 9.86. The van der Waals surface area contributed by atoms with Crippen molar-refractivity contribution in [2.24, 2.45) is 0 Å². The van der Waals surface area contributed by atoms with Crippen molar-refractivity contribution in [1.82, 2.24) is 9.55 Å². The van der Waals surface area contributed by atoms with E-state index in [0.717, 1.165) is 16.6 Å². The van der Waals surface area contributed by atoms with E-state index in [0.29, 0.717) is 5.69 Å². The van der Waals surface area contributed by atoms with Crippen LogP contribution in [0.5, 0.6) is 5.75 Å². The number of aromatic amines is 1. The van der Waals surface area contributed by atoms with Gasteiger partial charge in [0.15, 0.2) is 0 Å². The smallest absolute Gasteiger partial charge is 0.331 e. The monoisotopic (exact) mass is 240 g/mol. The average molecular weight is 240 g/mol. The van der Waals surface area contributed by atoms with Crippen LogP contribution in [0.1, 0.15) is 5.56 Å². The van der Waals surface area contributed by atoms with Gasteiger partial charge in [-0.1, -0.05) is 24.3 Å². The Morgan fingerprint density at radius 1 is 1.11 bits per heavy atom. The quantitative estimate of drug-likeness (QED) is 0.685. The number of rotatable bonds is 1. The first-order valence-corrected chi connectivity index (χ1v) is 5.67. The first kappa shape index (κ1) is 10.7. The summed E-state index contributed by atoms with van der Waals surface area (Å²) in [7, 11) is 0. The minimum absolute atomic E-state index is 0.0852. The number of aromatic hydroxyl groups is 1. The van der Waals surface area contributed by atoms with E-state index in [4.69, 9.17) is 0 Å². The zero-order valence-corrected chi connectivity index (χ0v) is 9.84. The van der Waals surface area contributed by atoms with Crippen LogP contribution in [0.25, 0.3) is 16.7 Å². The minimum Gasteiger partial charge on any atom is -0.506 e. The van der Waals surface area contributed by atoms with Gasteiger partial charge < -0.3 is 10.1 Å². The number of H-pyrrole nitrogens is 1. The van der Waals surface area contributed by atoms with Crippen molar-refractivity contribution in [2.75, 3.05) is 0 Å². The van der Waals surface area contributed by atoms with Crippen LogP contribution in [0.3, 0.4) is 0 Å². The van der Waals surface area contributed by atoms with E-state index in [2.05, 4.69) is 4.98 Å². The van der Waals surface area contributed by atoms with E-state index in [-0.39, 0.29) is 11.4 Å². The van der Waals surface area contributed by atoms with Crippen molar-refractivity contribution < 1.29 is 5.11 Å². The molecule has 0 aliphatic rings. The molecule has 0 unspecified atom stereocenters. The third-order valence-electron chi connectivity index (χ3n) is 3.05. The SMILES string of the molecule is Cc1cccc2c1[nH]c(=O)n2-c1ccccc1O. The first-order chi connectivity index (χ1) is 8.68. The standard InChI is InChI=1S/C14H12N2O2/c1-9-5-4-7-11-13(9)15-14(18)16(11)10-6-2-3-8-12(10)17/h2-8,17H,1H3,(H,15,18). The van der Waals surface area contributed by atoms with Gasteiger partial charge in [0.2, 0.25) is 0 Å². The van der Waals surface area contributed by atoms with Crippen molar-refractivity contribution in [3.8, 4) is 11.4 Å². The number of para-hydroxylation sites is 3. The third kappa shape index (κ3) is 1.43. The predicted octanol–water partition coefficient (Wildman–Crippen LogP) is 2.33. The number of hydrogen-bond donors (Lipinski definition) is 2. The van der Waals surface area contributed by atoms with E-state index in [1.807, 2.05) is 25.1 Å². The number of imidazole rings is 1. The van der Waals surface area contributed by atoms with Gasteiger partial charge in [0, 0.05) is 0 Å². The van der Waals surface area contributed by atoms with Gasteiger partial charge in [-0.05, 0) is 30.7 Å². The number of phenols is 1. The maximum absolute atomic E-state index is 12.0. The number of aromatic nitrogens is 2. The molecule has 2 N–H and O–H groups in total. The Morgan fingerprint density at radius 2 is 1.89 bits per heavy atom. The van der Waals surface area contributed by atoms with Crippen LogP contribution in [-0.2, 0) is 0 Å². The van der Waals surface area contributed by atoms with Gasteiger partial charge in [0.05, 0.1) is 16.7 Å². The highest BCUT2D eigenvalue weighted by Gasteiger charge is 2.12. The maximum Gasteiger partial charge on any atom is 0.331 e. The van der Waals surface area contributed by atoms with Gasteiger partial charge in [0.1, 0.15) is 5.75 Å². The van der Waals surface area contributed by atoms with Crippen LogP contribution in [0.2, 0.25) is 0 Å². The molecule has 1 heterocycles.